The molecule has 3 heterocycles. The summed E-state index contributed by atoms with van der Waals surface area (Å²) in [6.45, 7) is 0. The molecular formula is C23H18N4O4. The van der Waals surface area contributed by atoms with Crippen molar-refractivity contribution >= 4 is 46.4 Å². The maximum absolute atomic E-state index is 13.2. The van der Waals surface area contributed by atoms with E-state index in [-0.39, 0.29) is 24.7 Å². The number of hydrogen-bond acceptors (Lipinski definition) is 5. The highest BCUT2D eigenvalue weighted by Crippen LogP contribution is 2.40. The Balaban J connectivity index is 1.59. The lowest BCUT2D eigenvalue weighted by atomic mass is 9.98. The summed E-state index contributed by atoms with van der Waals surface area (Å²) < 4.78 is 0. The SMILES string of the molecule is O=CNc1ccccc1Cc1ccc2c3c(ccnc13)N(C1CCC(=O)NC1=O)C2=O. The molecule has 8 nitrogen and oxygen atoms in total. The first-order chi connectivity index (χ1) is 15.1. The molecule has 2 aliphatic heterocycles. The van der Waals surface area contributed by atoms with Crippen molar-refractivity contribution < 1.29 is 19.2 Å². The van der Waals surface area contributed by atoms with Crippen molar-refractivity contribution in [2.45, 2.75) is 25.3 Å². The van der Waals surface area contributed by atoms with E-state index >= 15 is 0 Å². The second-order valence-corrected chi connectivity index (χ2v) is 7.56. The maximum atomic E-state index is 13.2. The van der Waals surface area contributed by atoms with Gasteiger partial charge in [0, 0.05) is 30.1 Å². The number of nitrogens with zero attached hydrogens (tertiary/aromatic N) is 2. The average Bonchev–Trinajstić information content (AvgIpc) is 3.05. The lowest BCUT2D eigenvalue weighted by Crippen LogP contribution is -2.53. The molecule has 0 radical (unpaired) electrons. The molecule has 1 unspecified atom stereocenters. The summed E-state index contributed by atoms with van der Waals surface area (Å²) in [5.41, 5.74) is 4.33. The van der Waals surface area contributed by atoms with E-state index in [1.54, 1.807) is 18.3 Å². The standard InChI is InChI=1S/C23H18N4O4/c28-12-25-16-4-2-1-3-13(16)11-14-5-6-15-20-17(9-10-24-21(14)20)27(23(15)31)18-7-8-19(29)26-22(18)30/h1-6,9-10,12,18H,7-8,11H2,(H,25,28)(H,26,29,30). The lowest BCUT2D eigenvalue weighted by Gasteiger charge is -2.30. The fourth-order valence-corrected chi connectivity index (χ4v) is 4.39. The third-order valence-electron chi connectivity index (χ3n) is 5.80. The van der Waals surface area contributed by atoms with E-state index in [0.29, 0.717) is 40.7 Å². The number of rotatable bonds is 5. The van der Waals surface area contributed by atoms with Gasteiger partial charge in [0.05, 0.1) is 16.8 Å². The zero-order valence-electron chi connectivity index (χ0n) is 16.4. The minimum absolute atomic E-state index is 0.191. The van der Waals surface area contributed by atoms with E-state index in [2.05, 4.69) is 15.6 Å². The molecule has 2 aromatic carbocycles. The average molecular weight is 414 g/mol. The molecule has 2 aliphatic rings. The summed E-state index contributed by atoms with van der Waals surface area (Å²) >= 11 is 0. The Morgan fingerprint density at radius 3 is 2.74 bits per heavy atom. The first-order valence-corrected chi connectivity index (χ1v) is 9.94. The molecule has 8 heteroatoms. The third-order valence-corrected chi connectivity index (χ3v) is 5.80. The lowest BCUT2D eigenvalue weighted by molar-refractivity contribution is -0.134. The van der Waals surface area contributed by atoms with Gasteiger partial charge in [-0.05, 0) is 35.7 Å². The molecule has 0 bridgehead atoms. The van der Waals surface area contributed by atoms with E-state index in [1.165, 1.54) is 4.90 Å². The van der Waals surface area contributed by atoms with Crippen LogP contribution in [0.25, 0.3) is 10.9 Å². The van der Waals surface area contributed by atoms with Crippen molar-refractivity contribution in [2.24, 2.45) is 0 Å². The molecule has 2 N–H and O–H groups in total. The van der Waals surface area contributed by atoms with Gasteiger partial charge in [-0.25, -0.2) is 0 Å². The smallest absolute Gasteiger partial charge is 0.259 e. The van der Waals surface area contributed by atoms with Gasteiger partial charge in [0.15, 0.2) is 0 Å². The van der Waals surface area contributed by atoms with Gasteiger partial charge in [0.1, 0.15) is 6.04 Å². The molecule has 1 atom stereocenters. The van der Waals surface area contributed by atoms with Gasteiger partial charge in [-0.2, -0.15) is 0 Å². The normalized spacial score (nSPS) is 17.7. The first kappa shape index (κ1) is 18.9. The minimum atomic E-state index is -0.732. The molecule has 0 aliphatic carbocycles. The molecule has 0 spiro atoms. The number of benzene rings is 2. The van der Waals surface area contributed by atoms with E-state index < -0.39 is 11.9 Å². The Labute approximate surface area is 177 Å². The number of carbonyl (C=O) groups excluding carboxylic acids is 4. The van der Waals surface area contributed by atoms with Crippen LogP contribution in [0.15, 0.2) is 48.7 Å². The predicted molar refractivity (Wildman–Crippen MR) is 114 cm³/mol. The summed E-state index contributed by atoms with van der Waals surface area (Å²) in [4.78, 5) is 54.1. The fraction of sp³-hybridized carbons (Fsp3) is 0.174. The summed E-state index contributed by atoms with van der Waals surface area (Å²) in [7, 11) is 0. The molecule has 3 aromatic rings. The number of anilines is 2. The molecule has 1 aromatic heterocycles. The van der Waals surface area contributed by atoms with Crippen molar-refractivity contribution in [3.8, 4) is 0 Å². The summed E-state index contributed by atoms with van der Waals surface area (Å²) in [5.74, 6) is -1.05. The van der Waals surface area contributed by atoms with Crippen LogP contribution in [0.4, 0.5) is 11.4 Å². The number of nitrogens with one attached hydrogen (secondary N) is 2. The second kappa shape index (κ2) is 7.32. The number of hydrogen-bond donors (Lipinski definition) is 2. The predicted octanol–water partition coefficient (Wildman–Crippen LogP) is 2.16. The van der Waals surface area contributed by atoms with Crippen LogP contribution in [-0.2, 0) is 20.8 Å². The molecule has 1 fully saturated rings. The van der Waals surface area contributed by atoms with Crippen LogP contribution in [0, 0.1) is 0 Å². The maximum Gasteiger partial charge on any atom is 0.259 e. The van der Waals surface area contributed by atoms with Gasteiger partial charge in [0.25, 0.3) is 5.91 Å². The van der Waals surface area contributed by atoms with Crippen LogP contribution in [0.1, 0.15) is 34.3 Å². The molecular weight excluding hydrogens is 396 g/mol. The number of pyridine rings is 1. The number of aromatic nitrogens is 1. The van der Waals surface area contributed by atoms with Crippen LogP contribution in [-0.4, -0.2) is 35.2 Å². The van der Waals surface area contributed by atoms with Crippen molar-refractivity contribution in [2.75, 3.05) is 10.2 Å². The van der Waals surface area contributed by atoms with Crippen molar-refractivity contribution in [1.29, 1.82) is 0 Å². The van der Waals surface area contributed by atoms with Gasteiger partial charge in [-0.1, -0.05) is 24.3 Å². The van der Waals surface area contributed by atoms with Crippen molar-refractivity contribution in [3.63, 3.8) is 0 Å². The second-order valence-electron chi connectivity index (χ2n) is 7.56. The zero-order chi connectivity index (χ0) is 21.5. The van der Waals surface area contributed by atoms with Crippen LogP contribution in [0.2, 0.25) is 0 Å². The van der Waals surface area contributed by atoms with Crippen molar-refractivity contribution in [1.82, 2.24) is 10.3 Å². The number of imide groups is 1. The highest BCUT2D eigenvalue weighted by molar-refractivity contribution is 6.27. The summed E-state index contributed by atoms with van der Waals surface area (Å²) in [6.07, 6.45) is 3.25. The summed E-state index contributed by atoms with van der Waals surface area (Å²) in [5, 5.41) is 5.74. The van der Waals surface area contributed by atoms with Gasteiger partial charge in [-0.3, -0.25) is 34.4 Å². The zero-order valence-corrected chi connectivity index (χ0v) is 16.4. The Morgan fingerprint density at radius 2 is 1.94 bits per heavy atom. The quantitative estimate of drug-likeness (QED) is 0.491. The highest BCUT2D eigenvalue weighted by Gasteiger charge is 2.41. The topological polar surface area (TPSA) is 108 Å². The fourth-order valence-electron chi connectivity index (χ4n) is 4.39. The van der Waals surface area contributed by atoms with Crippen LogP contribution < -0.4 is 15.5 Å². The van der Waals surface area contributed by atoms with Crippen LogP contribution in [0.5, 0.6) is 0 Å². The molecule has 1 saturated heterocycles. The third kappa shape index (κ3) is 3.04. The number of carbonyl (C=O) groups is 4. The Bertz CT molecular complexity index is 1270. The van der Waals surface area contributed by atoms with Crippen LogP contribution >= 0.6 is 0 Å². The molecule has 31 heavy (non-hydrogen) atoms. The van der Waals surface area contributed by atoms with E-state index in [4.69, 9.17) is 0 Å². The summed E-state index contributed by atoms with van der Waals surface area (Å²) in [6, 6.07) is 12.1. The van der Waals surface area contributed by atoms with Gasteiger partial charge in [-0.15, -0.1) is 0 Å². The Morgan fingerprint density at radius 1 is 1.10 bits per heavy atom. The molecule has 5 rings (SSSR count). The first-order valence-electron chi connectivity index (χ1n) is 9.94. The highest BCUT2D eigenvalue weighted by atomic mass is 16.2. The van der Waals surface area contributed by atoms with Crippen LogP contribution in [0.3, 0.4) is 0 Å². The number of amides is 4. The monoisotopic (exact) mass is 414 g/mol. The minimum Gasteiger partial charge on any atom is -0.328 e. The van der Waals surface area contributed by atoms with E-state index in [0.717, 1.165) is 11.1 Å². The number of para-hydroxylation sites is 1. The molecule has 4 amide bonds. The van der Waals surface area contributed by atoms with E-state index in [9.17, 15) is 19.2 Å². The Hall–Kier alpha value is -4.07. The van der Waals surface area contributed by atoms with Crippen molar-refractivity contribution in [3.05, 3.63) is 65.4 Å². The molecule has 0 saturated carbocycles. The molecule has 154 valence electrons. The largest absolute Gasteiger partial charge is 0.328 e. The van der Waals surface area contributed by atoms with Gasteiger partial charge in [0.2, 0.25) is 18.2 Å². The van der Waals surface area contributed by atoms with E-state index in [1.807, 2.05) is 30.3 Å². The van der Waals surface area contributed by atoms with Gasteiger partial charge >= 0.3 is 0 Å². The number of piperidine rings is 1. The van der Waals surface area contributed by atoms with Gasteiger partial charge < -0.3 is 5.32 Å². The Kier molecular flexibility index (Phi) is 4.47.